The number of aromatic nitrogens is 4. The van der Waals surface area contributed by atoms with Gasteiger partial charge in [-0.3, -0.25) is 19.5 Å². The highest BCUT2D eigenvalue weighted by Gasteiger charge is 2.25. The van der Waals surface area contributed by atoms with E-state index in [1.807, 2.05) is 59.2 Å². The first kappa shape index (κ1) is 28.0. The molecule has 1 amide bonds. The summed E-state index contributed by atoms with van der Waals surface area (Å²) < 4.78 is 13.0. The van der Waals surface area contributed by atoms with Gasteiger partial charge in [-0.05, 0) is 36.4 Å². The lowest BCUT2D eigenvalue weighted by atomic mass is 10.2. The molecule has 5 aromatic rings. The number of nitrogens with zero attached hydrogens (tertiary/aromatic N) is 7. The van der Waals surface area contributed by atoms with Crippen LogP contribution in [0.5, 0.6) is 5.75 Å². The Hall–Kier alpha value is -5.17. The number of hydrogen-bond acceptors (Lipinski definition) is 10. The third-order valence-corrected chi connectivity index (χ3v) is 7.98. The molecule has 3 heterocycles. The average Bonchev–Trinajstić information content (AvgIpc) is 3.71. The minimum atomic E-state index is -0.418. The van der Waals surface area contributed by atoms with Crippen LogP contribution in [-0.2, 0) is 5.75 Å². The molecule has 12 nitrogen and oxygen atoms in total. The average molecular weight is 598 g/mol. The Kier molecular flexibility index (Phi) is 8.05. The molecule has 43 heavy (non-hydrogen) atoms. The molecule has 0 saturated carbocycles. The van der Waals surface area contributed by atoms with Gasteiger partial charge in [-0.1, -0.05) is 42.1 Å². The first-order valence-corrected chi connectivity index (χ1v) is 14.5. The quantitative estimate of drug-likeness (QED) is 0.128. The molecule has 1 aliphatic heterocycles. The zero-order chi connectivity index (χ0) is 29.8. The Morgan fingerprint density at radius 3 is 2.47 bits per heavy atom. The Bertz CT molecular complexity index is 1730. The Morgan fingerprint density at radius 2 is 1.74 bits per heavy atom. The van der Waals surface area contributed by atoms with E-state index in [1.165, 1.54) is 30.2 Å². The molecule has 0 N–H and O–H groups in total. The second-order valence-corrected chi connectivity index (χ2v) is 10.6. The number of benzene rings is 3. The van der Waals surface area contributed by atoms with Crippen LogP contribution in [0.3, 0.4) is 0 Å². The van der Waals surface area contributed by atoms with E-state index in [0.29, 0.717) is 48.8 Å². The van der Waals surface area contributed by atoms with E-state index in [9.17, 15) is 14.9 Å². The third-order valence-electron chi connectivity index (χ3n) is 7.06. The summed E-state index contributed by atoms with van der Waals surface area (Å²) in [6, 6.07) is 23.9. The van der Waals surface area contributed by atoms with Gasteiger partial charge in [0, 0.05) is 55.2 Å². The monoisotopic (exact) mass is 597 g/mol. The molecular formula is C30H27N7O5S. The molecule has 0 radical (unpaired) electrons. The van der Waals surface area contributed by atoms with Crippen LogP contribution in [0.15, 0.2) is 94.7 Å². The zero-order valence-electron chi connectivity index (χ0n) is 23.2. The maximum absolute atomic E-state index is 13.2. The van der Waals surface area contributed by atoms with E-state index in [0.717, 1.165) is 22.7 Å². The van der Waals surface area contributed by atoms with Crippen molar-refractivity contribution in [3.63, 3.8) is 0 Å². The minimum Gasteiger partial charge on any atom is -0.497 e. The summed E-state index contributed by atoms with van der Waals surface area (Å²) >= 11 is 1.41. The van der Waals surface area contributed by atoms with Crippen molar-refractivity contribution < 1.29 is 18.9 Å². The number of anilines is 1. The van der Waals surface area contributed by atoms with Gasteiger partial charge in [-0.15, -0.1) is 10.2 Å². The van der Waals surface area contributed by atoms with Crippen molar-refractivity contribution in [2.45, 2.75) is 10.9 Å². The molecule has 1 fully saturated rings. The number of hydrogen-bond donors (Lipinski definition) is 0. The van der Waals surface area contributed by atoms with Crippen LogP contribution >= 0.6 is 11.8 Å². The number of piperazine rings is 1. The number of amides is 1. The van der Waals surface area contributed by atoms with Crippen LogP contribution < -0.4 is 9.64 Å². The van der Waals surface area contributed by atoms with Gasteiger partial charge < -0.3 is 19.0 Å². The molecule has 1 saturated heterocycles. The molecule has 218 valence electrons. The van der Waals surface area contributed by atoms with Gasteiger partial charge in [0.15, 0.2) is 16.7 Å². The lowest BCUT2D eigenvalue weighted by Gasteiger charge is -2.35. The summed E-state index contributed by atoms with van der Waals surface area (Å²) in [6.07, 6.45) is 1.39. The van der Waals surface area contributed by atoms with Crippen molar-refractivity contribution in [2.75, 3.05) is 38.2 Å². The van der Waals surface area contributed by atoms with E-state index < -0.39 is 4.92 Å². The lowest BCUT2D eigenvalue weighted by molar-refractivity contribution is -0.384. The maximum Gasteiger partial charge on any atom is 0.275 e. The molecule has 3 aromatic carbocycles. The number of oxazole rings is 1. The molecular weight excluding hydrogens is 570 g/mol. The van der Waals surface area contributed by atoms with E-state index in [1.54, 1.807) is 24.1 Å². The number of carbonyl (C=O) groups excluding carboxylic acids is 1. The van der Waals surface area contributed by atoms with Crippen molar-refractivity contribution in [1.82, 2.24) is 24.6 Å². The number of carbonyl (C=O) groups is 1. The fourth-order valence-electron chi connectivity index (χ4n) is 4.84. The SMILES string of the molecule is COc1cccc(-c2nnc(SCc3nc(C(=O)N4CCN(c5ccc([N+](=O)[O-])cc5)CC4)co3)n2-c2ccccc2)c1. The molecule has 13 heteroatoms. The summed E-state index contributed by atoms with van der Waals surface area (Å²) in [7, 11) is 1.62. The van der Waals surface area contributed by atoms with Crippen molar-refractivity contribution in [3.8, 4) is 22.8 Å². The maximum atomic E-state index is 13.2. The molecule has 1 aliphatic rings. The van der Waals surface area contributed by atoms with Gasteiger partial charge in [-0.25, -0.2) is 4.98 Å². The first-order chi connectivity index (χ1) is 21.0. The molecule has 0 unspecified atom stereocenters. The number of methoxy groups -OCH3 is 1. The summed E-state index contributed by atoms with van der Waals surface area (Å²) in [5.74, 6) is 1.95. The molecule has 0 atom stereocenters. The molecule has 6 rings (SSSR count). The van der Waals surface area contributed by atoms with Gasteiger partial charge in [-0.2, -0.15) is 0 Å². The van der Waals surface area contributed by atoms with E-state index in [4.69, 9.17) is 9.15 Å². The van der Waals surface area contributed by atoms with Gasteiger partial charge in [0.05, 0.1) is 17.8 Å². The molecule has 0 aliphatic carbocycles. The van der Waals surface area contributed by atoms with Crippen LogP contribution in [0.2, 0.25) is 0 Å². The number of non-ortho nitro benzene ring substituents is 1. The fraction of sp³-hybridized carbons (Fsp3) is 0.200. The highest BCUT2D eigenvalue weighted by Crippen LogP contribution is 2.31. The Morgan fingerprint density at radius 1 is 0.977 bits per heavy atom. The van der Waals surface area contributed by atoms with Crippen LogP contribution in [-0.4, -0.2) is 68.8 Å². The third kappa shape index (κ3) is 6.06. The number of ether oxygens (including phenoxy) is 1. The number of rotatable bonds is 9. The predicted octanol–water partition coefficient (Wildman–Crippen LogP) is 5.09. The number of nitro groups is 1. The second-order valence-electron chi connectivity index (χ2n) is 9.68. The fourth-order valence-corrected chi connectivity index (χ4v) is 5.64. The number of thioether (sulfide) groups is 1. The standard InChI is InChI=1S/C30H27N7O5S/c1-41-25-9-5-6-21(18-25)28-32-33-30(36(28)23-7-3-2-4-8-23)43-20-27-31-26(19-42-27)29(38)35-16-14-34(15-17-35)22-10-12-24(13-11-22)37(39)40/h2-13,18-19H,14-17,20H2,1H3. The van der Waals surface area contributed by atoms with Gasteiger partial charge in [0.1, 0.15) is 12.0 Å². The Labute approximate surface area is 251 Å². The van der Waals surface area contributed by atoms with E-state index >= 15 is 0 Å². The van der Waals surface area contributed by atoms with Crippen molar-refractivity contribution in [3.05, 3.63) is 107 Å². The molecule has 2 aromatic heterocycles. The van der Waals surface area contributed by atoms with Gasteiger partial charge in [0.25, 0.3) is 11.6 Å². The number of nitro benzene ring substituents is 1. The molecule has 0 spiro atoms. The highest BCUT2D eigenvalue weighted by molar-refractivity contribution is 7.98. The second kappa shape index (κ2) is 12.4. The summed E-state index contributed by atoms with van der Waals surface area (Å²) in [5, 5.41) is 20.5. The summed E-state index contributed by atoms with van der Waals surface area (Å²) in [5.41, 5.74) is 2.96. The predicted molar refractivity (Wildman–Crippen MR) is 161 cm³/mol. The highest BCUT2D eigenvalue weighted by atomic mass is 32.2. The minimum absolute atomic E-state index is 0.0511. The first-order valence-electron chi connectivity index (χ1n) is 13.5. The van der Waals surface area contributed by atoms with Gasteiger partial charge >= 0.3 is 0 Å². The summed E-state index contributed by atoms with van der Waals surface area (Å²) in [4.78, 5) is 32.0. The van der Waals surface area contributed by atoms with Gasteiger partial charge in [0.2, 0.25) is 5.89 Å². The van der Waals surface area contributed by atoms with Crippen LogP contribution in [0.25, 0.3) is 17.1 Å². The zero-order valence-corrected chi connectivity index (χ0v) is 24.0. The number of para-hydroxylation sites is 1. The summed E-state index contributed by atoms with van der Waals surface area (Å²) in [6.45, 7) is 2.21. The lowest BCUT2D eigenvalue weighted by Crippen LogP contribution is -2.48. The normalized spacial score (nSPS) is 13.2. The van der Waals surface area contributed by atoms with Crippen molar-refractivity contribution in [2.24, 2.45) is 0 Å². The molecule has 0 bridgehead atoms. The van der Waals surface area contributed by atoms with Crippen LogP contribution in [0.1, 0.15) is 16.4 Å². The van der Waals surface area contributed by atoms with E-state index in [-0.39, 0.29) is 17.3 Å². The van der Waals surface area contributed by atoms with Crippen molar-refractivity contribution >= 4 is 29.0 Å². The Balaban J connectivity index is 1.12. The van der Waals surface area contributed by atoms with Crippen LogP contribution in [0.4, 0.5) is 11.4 Å². The largest absolute Gasteiger partial charge is 0.497 e. The van der Waals surface area contributed by atoms with Crippen molar-refractivity contribution in [1.29, 1.82) is 0 Å². The van der Waals surface area contributed by atoms with E-state index in [2.05, 4.69) is 20.1 Å². The van der Waals surface area contributed by atoms with Crippen LogP contribution in [0, 0.1) is 10.1 Å². The topological polar surface area (TPSA) is 133 Å². The smallest absolute Gasteiger partial charge is 0.275 e.